The minimum absolute atomic E-state index is 0.137. The van der Waals surface area contributed by atoms with Gasteiger partial charge in [0, 0.05) is 19.5 Å². The third-order valence-corrected chi connectivity index (χ3v) is 4.52. The second-order valence-electron chi connectivity index (χ2n) is 6.59. The highest BCUT2D eigenvalue weighted by atomic mass is 19.4. The lowest BCUT2D eigenvalue weighted by Crippen LogP contribution is -2.31. The molecule has 0 N–H and O–H groups in total. The molecule has 0 aliphatic carbocycles. The smallest absolute Gasteiger partial charge is 0.389 e. The standard InChI is InChI=1S/C20H21F4NO/c21-18-5-2-15(3-6-18)14-26-19-7-4-17-13-25(11-8-16(17)12-19)10-1-9-20(22,23)24/h2-7,12H,1,8-11,13-14H2. The van der Waals surface area contributed by atoms with Gasteiger partial charge in [0.1, 0.15) is 18.2 Å². The molecule has 2 aromatic rings. The fraction of sp³-hybridized carbons (Fsp3) is 0.400. The monoisotopic (exact) mass is 367 g/mol. The highest BCUT2D eigenvalue weighted by Gasteiger charge is 2.27. The predicted octanol–water partition coefficient (Wildman–Crippen LogP) is 5.11. The van der Waals surface area contributed by atoms with Crippen molar-refractivity contribution in [2.24, 2.45) is 0 Å². The van der Waals surface area contributed by atoms with Gasteiger partial charge in [-0.05, 0) is 60.3 Å². The van der Waals surface area contributed by atoms with E-state index in [0.29, 0.717) is 19.7 Å². The van der Waals surface area contributed by atoms with E-state index in [1.54, 1.807) is 12.1 Å². The summed E-state index contributed by atoms with van der Waals surface area (Å²) in [4.78, 5) is 2.06. The number of fused-ring (bicyclic) bond motifs is 1. The Labute approximate surface area is 150 Å². The third kappa shape index (κ3) is 5.46. The van der Waals surface area contributed by atoms with E-state index in [-0.39, 0.29) is 12.2 Å². The molecule has 0 aromatic heterocycles. The molecule has 0 fully saturated rings. The molecule has 0 saturated heterocycles. The minimum Gasteiger partial charge on any atom is -0.489 e. The first kappa shape index (κ1) is 18.7. The summed E-state index contributed by atoms with van der Waals surface area (Å²) in [7, 11) is 0. The van der Waals surface area contributed by atoms with Gasteiger partial charge in [-0.2, -0.15) is 13.2 Å². The molecule has 2 nitrogen and oxygen atoms in total. The minimum atomic E-state index is -4.08. The van der Waals surface area contributed by atoms with E-state index in [1.807, 2.05) is 18.2 Å². The van der Waals surface area contributed by atoms with Crippen molar-refractivity contribution in [1.82, 2.24) is 4.90 Å². The predicted molar refractivity (Wildman–Crippen MR) is 91.4 cm³/mol. The summed E-state index contributed by atoms with van der Waals surface area (Å²) in [5, 5.41) is 0. The molecule has 1 heterocycles. The molecule has 0 radical (unpaired) electrons. The molecule has 140 valence electrons. The number of nitrogens with zero attached hydrogens (tertiary/aromatic N) is 1. The van der Waals surface area contributed by atoms with E-state index >= 15 is 0 Å². The fourth-order valence-electron chi connectivity index (χ4n) is 3.12. The number of benzene rings is 2. The van der Waals surface area contributed by atoms with E-state index in [4.69, 9.17) is 4.74 Å². The molecule has 1 aliphatic heterocycles. The maximum Gasteiger partial charge on any atom is 0.389 e. The molecule has 0 unspecified atom stereocenters. The summed E-state index contributed by atoms with van der Waals surface area (Å²) in [6.45, 7) is 2.25. The maximum atomic E-state index is 12.9. The van der Waals surface area contributed by atoms with E-state index < -0.39 is 12.6 Å². The van der Waals surface area contributed by atoms with Gasteiger partial charge in [0.2, 0.25) is 0 Å². The van der Waals surface area contributed by atoms with Crippen molar-refractivity contribution in [3.8, 4) is 5.75 Å². The van der Waals surface area contributed by atoms with Crippen LogP contribution in [0.25, 0.3) is 0 Å². The van der Waals surface area contributed by atoms with Gasteiger partial charge < -0.3 is 4.74 Å². The van der Waals surface area contributed by atoms with Crippen LogP contribution in [0.5, 0.6) is 5.75 Å². The highest BCUT2D eigenvalue weighted by Crippen LogP contribution is 2.26. The Morgan fingerprint density at radius 2 is 1.77 bits per heavy atom. The first-order valence-corrected chi connectivity index (χ1v) is 8.67. The molecule has 0 amide bonds. The summed E-state index contributed by atoms with van der Waals surface area (Å²) in [6.07, 6.45) is -3.87. The normalized spacial score (nSPS) is 14.9. The SMILES string of the molecule is Fc1ccc(COc2ccc3c(c2)CCN(CCCC(F)(F)F)C3)cc1. The second kappa shape index (κ2) is 8.08. The van der Waals surface area contributed by atoms with Gasteiger partial charge in [0.15, 0.2) is 0 Å². The van der Waals surface area contributed by atoms with Gasteiger partial charge in [-0.25, -0.2) is 4.39 Å². The molecule has 0 bridgehead atoms. The van der Waals surface area contributed by atoms with Crippen molar-refractivity contribution >= 4 is 0 Å². The zero-order valence-electron chi connectivity index (χ0n) is 14.4. The van der Waals surface area contributed by atoms with Gasteiger partial charge >= 0.3 is 6.18 Å². The van der Waals surface area contributed by atoms with Crippen molar-refractivity contribution in [1.29, 1.82) is 0 Å². The van der Waals surface area contributed by atoms with Gasteiger partial charge in [-0.15, -0.1) is 0 Å². The number of rotatable bonds is 6. The average molecular weight is 367 g/mol. The lowest BCUT2D eigenvalue weighted by molar-refractivity contribution is -0.136. The van der Waals surface area contributed by atoms with Crippen LogP contribution in [-0.4, -0.2) is 24.2 Å². The fourth-order valence-corrected chi connectivity index (χ4v) is 3.12. The Morgan fingerprint density at radius 1 is 1.00 bits per heavy atom. The Bertz CT molecular complexity index is 728. The largest absolute Gasteiger partial charge is 0.489 e. The molecule has 0 spiro atoms. The van der Waals surface area contributed by atoms with E-state index in [9.17, 15) is 17.6 Å². The van der Waals surface area contributed by atoms with Crippen LogP contribution in [0, 0.1) is 5.82 Å². The van der Waals surface area contributed by atoms with E-state index in [1.165, 1.54) is 17.7 Å². The second-order valence-corrected chi connectivity index (χ2v) is 6.59. The van der Waals surface area contributed by atoms with Crippen molar-refractivity contribution in [2.75, 3.05) is 13.1 Å². The maximum absolute atomic E-state index is 12.9. The van der Waals surface area contributed by atoms with Crippen molar-refractivity contribution in [3.05, 3.63) is 65.0 Å². The highest BCUT2D eigenvalue weighted by molar-refractivity contribution is 5.37. The molecule has 6 heteroatoms. The Kier molecular flexibility index (Phi) is 5.81. The summed E-state index contributed by atoms with van der Waals surface area (Å²) >= 11 is 0. The Morgan fingerprint density at radius 3 is 2.50 bits per heavy atom. The molecule has 3 rings (SSSR count). The summed E-state index contributed by atoms with van der Waals surface area (Å²) in [5.41, 5.74) is 3.20. The van der Waals surface area contributed by atoms with Crippen LogP contribution in [0.3, 0.4) is 0 Å². The van der Waals surface area contributed by atoms with Gasteiger partial charge in [-0.3, -0.25) is 4.90 Å². The number of ether oxygens (including phenoxy) is 1. The molecule has 0 saturated carbocycles. The van der Waals surface area contributed by atoms with Crippen LogP contribution in [0.2, 0.25) is 0 Å². The summed E-state index contributed by atoms with van der Waals surface area (Å²) < 4.78 is 55.4. The quantitative estimate of drug-likeness (QED) is 0.658. The summed E-state index contributed by atoms with van der Waals surface area (Å²) in [6, 6.07) is 12.0. The van der Waals surface area contributed by atoms with Crippen molar-refractivity contribution in [2.45, 2.75) is 38.6 Å². The molecule has 1 aliphatic rings. The van der Waals surface area contributed by atoms with Crippen LogP contribution in [0.1, 0.15) is 29.5 Å². The average Bonchev–Trinajstić information content (AvgIpc) is 2.60. The molecular formula is C20H21F4NO. The Balaban J connectivity index is 1.52. The molecule has 26 heavy (non-hydrogen) atoms. The third-order valence-electron chi connectivity index (χ3n) is 4.52. The first-order valence-electron chi connectivity index (χ1n) is 8.67. The van der Waals surface area contributed by atoms with Crippen LogP contribution in [-0.2, 0) is 19.6 Å². The number of alkyl halides is 3. The summed E-state index contributed by atoms with van der Waals surface area (Å²) in [5.74, 6) is 0.473. The van der Waals surface area contributed by atoms with Crippen LogP contribution in [0.4, 0.5) is 17.6 Å². The van der Waals surface area contributed by atoms with E-state index in [2.05, 4.69) is 4.90 Å². The van der Waals surface area contributed by atoms with Crippen LogP contribution < -0.4 is 4.74 Å². The van der Waals surface area contributed by atoms with Crippen molar-refractivity contribution in [3.63, 3.8) is 0 Å². The zero-order chi connectivity index (χ0) is 18.6. The van der Waals surface area contributed by atoms with Gasteiger partial charge in [-0.1, -0.05) is 18.2 Å². The first-order chi connectivity index (χ1) is 12.4. The lowest BCUT2D eigenvalue weighted by Gasteiger charge is -2.29. The molecule has 2 aromatic carbocycles. The Hall–Kier alpha value is -2.08. The van der Waals surface area contributed by atoms with Gasteiger partial charge in [0.05, 0.1) is 0 Å². The van der Waals surface area contributed by atoms with Crippen LogP contribution in [0.15, 0.2) is 42.5 Å². The van der Waals surface area contributed by atoms with Crippen molar-refractivity contribution < 1.29 is 22.3 Å². The topological polar surface area (TPSA) is 12.5 Å². The zero-order valence-corrected chi connectivity index (χ0v) is 14.4. The molecular weight excluding hydrogens is 346 g/mol. The number of hydrogen-bond donors (Lipinski definition) is 0. The lowest BCUT2D eigenvalue weighted by atomic mass is 9.99. The van der Waals surface area contributed by atoms with Crippen LogP contribution >= 0.6 is 0 Å². The van der Waals surface area contributed by atoms with Gasteiger partial charge in [0.25, 0.3) is 0 Å². The number of halogens is 4. The molecule has 0 atom stereocenters. The number of hydrogen-bond acceptors (Lipinski definition) is 2. The van der Waals surface area contributed by atoms with E-state index in [0.717, 1.165) is 29.8 Å².